The molecular weight excluding hydrogens is 444 g/mol. The molecule has 3 aliphatic carbocycles. The van der Waals surface area contributed by atoms with E-state index in [1.165, 1.54) is 0 Å². The van der Waals surface area contributed by atoms with E-state index < -0.39 is 40.0 Å². The summed E-state index contributed by atoms with van der Waals surface area (Å²) in [6.45, 7) is 17.8. The average molecular weight is 491 g/mol. The maximum absolute atomic E-state index is 13.5. The summed E-state index contributed by atoms with van der Waals surface area (Å²) in [5.74, 6) is -0.785. The maximum atomic E-state index is 13.5. The molecule has 198 valence electrons. The molecule has 0 amide bonds. The van der Waals surface area contributed by atoms with Gasteiger partial charge < -0.3 is 20.3 Å². The lowest BCUT2D eigenvalue weighted by atomic mass is 9.42. The van der Waals surface area contributed by atoms with Crippen LogP contribution < -0.4 is 5.32 Å². The van der Waals surface area contributed by atoms with E-state index in [1.807, 2.05) is 20.8 Å². The average Bonchev–Trinajstić information content (AvgIpc) is 3.15. The van der Waals surface area contributed by atoms with Crippen LogP contribution in [0.25, 0.3) is 0 Å². The van der Waals surface area contributed by atoms with Crippen LogP contribution in [0.15, 0.2) is 12.7 Å². The summed E-state index contributed by atoms with van der Waals surface area (Å²) in [6.07, 6.45) is 2.75. The van der Waals surface area contributed by atoms with Crippen molar-refractivity contribution in [2.24, 2.45) is 28.1 Å². The minimum absolute atomic E-state index is 0.124. The third-order valence-electron chi connectivity index (χ3n) is 11.0. The van der Waals surface area contributed by atoms with Gasteiger partial charge in [-0.25, -0.2) is 0 Å². The lowest BCUT2D eigenvalue weighted by Crippen LogP contribution is -2.69. The van der Waals surface area contributed by atoms with Crippen molar-refractivity contribution in [3.8, 4) is 0 Å². The highest BCUT2D eigenvalue weighted by molar-refractivity contribution is 5.86. The number of piperazine rings is 1. The summed E-state index contributed by atoms with van der Waals surface area (Å²) < 4.78 is 6.34. The first-order valence-electron chi connectivity index (χ1n) is 13.5. The number of aliphatic hydroxyl groups excluding tert-OH is 2. The number of Topliss-reactive ketones (excluding diaryl/α,β-unsaturated/α-hetero) is 1. The SMILES string of the molecule is C=CC1(C)CC(O)C2(C)C3C(=O)CCC3(CCC2(C)OC(=O)CN2CC(C)NCC2C)C(C)C1O. The summed E-state index contributed by atoms with van der Waals surface area (Å²) in [5.41, 5.74) is -3.09. The van der Waals surface area contributed by atoms with Crippen LogP contribution in [0.1, 0.15) is 73.6 Å². The number of aliphatic hydroxyl groups is 2. The van der Waals surface area contributed by atoms with Crippen LogP contribution in [0, 0.1) is 28.1 Å². The Hall–Kier alpha value is -1.28. The first kappa shape index (κ1) is 26.8. The molecule has 7 nitrogen and oxygen atoms in total. The fourth-order valence-electron chi connectivity index (χ4n) is 8.24. The molecule has 10 unspecified atom stereocenters. The van der Waals surface area contributed by atoms with Crippen LogP contribution in [0.2, 0.25) is 0 Å². The summed E-state index contributed by atoms with van der Waals surface area (Å²) >= 11 is 0. The molecule has 4 fully saturated rings. The fraction of sp³-hybridized carbons (Fsp3) is 0.857. The Bertz CT molecular complexity index is 879. The van der Waals surface area contributed by atoms with Gasteiger partial charge in [0.1, 0.15) is 11.4 Å². The minimum atomic E-state index is -0.995. The number of carbonyl (C=O) groups is 2. The predicted octanol–water partition coefficient (Wildman–Crippen LogP) is 2.69. The molecular formula is C28H46N2O5. The van der Waals surface area contributed by atoms with Crippen LogP contribution in [0.5, 0.6) is 0 Å². The Morgan fingerprint density at radius 1 is 1.20 bits per heavy atom. The van der Waals surface area contributed by atoms with E-state index in [0.29, 0.717) is 31.7 Å². The molecule has 0 radical (unpaired) electrons. The highest BCUT2D eigenvalue weighted by Gasteiger charge is 2.72. The Morgan fingerprint density at radius 2 is 1.89 bits per heavy atom. The van der Waals surface area contributed by atoms with E-state index in [-0.39, 0.29) is 36.7 Å². The van der Waals surface area contributed by atoms with Gasteiger partial charge in [-0.15, -0.1) is 6.58 Å². The Morgan fingerprint density at radius 3 is 2.54 bits per heavy atom. The van der Waals surface area contributed by atoms with E-state index in [0.717, 1.165) is 13.1 Å². The molecule has 0 aromatic heterocycles. The second-order valence-corrected chi connectivity index (χ2v) is 12.9. The topological polar surface area (TPSA) is 99.1 Å². The highest BCUT2D eigenvalue weighted by atomic mass is 16.6. The van der Waals surface area contributed by atoms with Crippen molar-refractivity contribution in [2.75, 3.05) is 19.6 Å². The van der Waals surface area contributed by atoms with Crippen molar-refractivity contribution in [3.63, 3.8) is 0 Å². The summed E-state index contributed by atoms with van der Waals surface area (Å²) in [4.78, 5) is 29.0. The van der Waals surface area contributed by atoms with Crippen LogP contribution >= 0.6 is 0 Å². The van der Waals surface area contributed by atoms with Gasteiger partial charge >= 0.3 is 5.97 Å². The lowest BCUT2D eigenvalue weighted by molar-refractivity contribution is -0.253. The van der Waals surface area contributed by atoms with E-state index in [1.54, 1.807) is 6.08 Å². The van der Waals surface area contributed by atoms with E-state index in [2.05, 4.69) is 37.6 Å². The first-order chi connectivity index (χ1) is 16.2. The van der Waals surface area contributed by atoms with Gasteiger partial charge in [-0.2, -0.15) is 0 Å². The minimum Gasteiger partial charge on any atom is -0.458 e. The Labute approximate surface area is 210 Å². The predicted molar refractivity (Wildman–Crippen MR) is 135 cm³/mol. The van der Waals surface area contributed by atoms with Crippen LogP contribution in [0.4, 0.5) is 0 Å². The maximum Gasteiger partial charge on any atom is 0.320 e. The molecule has 1 saturated heterocycles. The number of ketones is 1. The van der Waals surface area contributed by atoms with Crippen molar-refractivity contribution >= 4 is 11.8 Å². The molecule has 7 heteroatoms. The molecule has 3 N–H and O–H groups in total. The van der Waals surface area contributed by atoms with E-state index in [9.17, 15) is 19.8 Å². The summed E-state index contributed by atoms with van der Waals surface area (Å²) in [5, 5.41) is 26.7. The third kappa shape index (κ3) is 3.92. The molecule has 0 spiro atoms. The molecule has 3 saturated carbocycles. The number of nitrogens with one attached hydrogen (secondary N) is 1. The molecule has 2 bridgehead atoms. The normalized spacial score (nSPS) is 50.7. The summed E-state index contributed by atoms with van der Waals surface area (Å²) in [6, 6.07) is 0.524. The van der Waals surface area contributed by atoms with Gasteiger partial charge in [0.05, 0.1) is 18.8 Å². The number of nitrogens with zero attached hydrogens (tertiary/aromatic N) is 1. The number of ether oxygens (including phenoxy) is 1. The molecule has 1 aliphatic heterocycles. The van der Waals surface area contributed by atoms with E-state index in [4.69, 9.17) is 4.74 Å². The molecule has 4 aliphatic rings. The first-order valence-corrected chi connectivity index (χ1v) is 13.5. The number of esters is 1. The van der Waals surface area contributed by atoms with Crippen molar-refractivity contribution in [2.45, 2.75) is 104 Å². The van der Waals surface area contributed by atoms with E-state index >= 15 is 0 Å². The lowest BCUT2D eigenvalue weighted by Gasteiger charge is -2.64. The van der Waals surface area contributed by atoms with Gasteiger partial charge in [0.2, 0.25) is 0 Å². The van der Waals surface area contributed by atoms with Gasteiger partial charge in [0, 0.05) is 48.3 Å². The van der Waals surface area contributed by atoms with Crippen LogP contribution in [-0.4, -0.2) is 76.4 Å². The quantitative estimate of drug-likeness (QED) is 0.412. The van der Waals surface area contributed by atoms with Crippen LogP contribution in [-0.2, 0) is 14.3 Å². The van der Waals surface area contributed by atoms with Crippen molar-refractivity contribution in [1.29, 1.82) is 0 Å². The zero-order chi connectivity index (χ0) is 26.0. The molecule has 0 aromatic carbocycles. The molecule has 35 heavy (non-hydrogen) atoms. The standard InChI is InChI=1S/C28H46N2O5/c1-8-25(5)13-21(32)27(7)23-20(31)9-10-28(23,19(4)24(25)34)12-11-26(27,6)35-22(33)16-30-15-17(2)29-14-18(30)3/h8,17-19,21,23-24,29,32,34H,1,9-16H2,2-7H3. The zero-order valence-corrected chi connectivity index (χ0v) is 22.5. The molecule has 1 heterocycles. The van der Waals surface area contributed by atoms with Gasteiger partial charge in [0.15, 0.2) is 0 Å². The Balaban J connectivity index is 1.70. The summed E-state index contributed by atoms with van der Waals surface area (Å²) in [7, 11) is 0. The fourth-order valence-corrected chi connectivity index (χ4v) is 8.24. The smallest absolute Gasteiger partial charge is 0.320 e. The second-order valence-electron chi connectivity index (χ2n) is 12.9. The number of hydrogen-bond acceptors (Lipinski definition) is 7. The van der Waals surface area contributed by atoms with Crippen molar-refractivity contribution < 1.29 is 24.5 Å². The van der Waals surface area contributed by atoms with Gasteiger partial charge in [-0.3, -0.25) is 14.5 Å². The monoisotopic (exact) mass is 490 g/mol. The Kier molecular flexibility index (Phi) is 6.83. The highest BCUT2D eigenvalue weighted by Crippen LogP contribution is 2.69. The number of carbonyl (C=O) groups excluding carboxylic acids is 2. The van der Waals surface area contributed by atoms with Crippen molar-refractivity contribution in [3.05, 3.63) is 12.7 Å². The zero-order valence-electron chi connectivity index (χ0n) is 22.5. The number of hydrogen-bond donors (Lipinski definition) is 3. The number of rotatable bonds is 4. The molecule has 4 rings (SSSR count). The van der Waals surface area contributed by atoms with Gasteiger partial charge in [0.25, 0.3) is 0 Å². The van der Waals surface area contributed by atoms with Gasteiger partial charge in [-0.1, -0.05) is 26.8 Å². The largest absolute Gasteiger partial charge is 0.458 e. The molecule has 0 aromatic rings. The van der Waals surface area contributed by atoms with Gasteiger partial charge in [-0.05, 0) is 57.8 Å². The molecule has 10 atom stereocenters. The third-order valence-corrected chi connectivity index (χ3v) is 11.0. The van der Waals surface area contributed by atoms with Crippen molar-refractivity contribution in [1.82, 2.24) is 10.2 Å². The second kappa shape index (κ2) is 8.93. The van der Waals surface area contributed by atoms with Crippen LogP contribution in [0.3, 0.4) is 0 Å².